The molecule has 0 heterocycles. The maximum absolute atomic E-state index is 13.1. The van der Waals surface area contributed by atoms with Crippen molar-refractivity contribution in [1.82, 2.24) is 0 Å². The lowest BCUT2D eigenvalue weighted by Gasteiger charge is -2.21. The van der Waals surface area contributed by atoms with E-state index in [9.17, 15) is 43.2 Å². The Hall–Kier alpha value is -1.94. The quantitative estimate of drug-likeness (QED) is 0.0222. The number of hydrogen-bond acceptors (Lipinski definition) is 15. The van der Waals surface area contributed by atoms with Crippen molar-refractivity contribution in [3.63, 3.8) is 0 Å². The number of aliphatic hydroxyl groups excluding tert-OH is 1. The molecule has 0 radical (unpaired) electrons. The Kier molecular flexibility index (Phi) is 67.1. The van der Waals surface area contributed by atoms with Gasteiger partial charge in [-0.2, -0.15) is 0 Å². The first-order chi connectivity index (χ1) is 46.8. The Labute approximate surface area is 594 Å². The summed E-state index contributed by atoms with van der Waals surface area (Å²) in [5.74, 6) is 0.138. The molecule has 17 nitrogen and oxygen atoms in total. The van der Waals surface area contributed by atoms with Gasteiger partial charge in [-0.1, -0.05) is 350 Å². The molecule has 0 fully saturated rings. The number of ether oxygens (including phenoxy) is 4. The van der Waals surface area contributed by atoms with Crippen LogP contribution in [-0.4, -0.2) is 96.7 Å². The molecule has 0 amide bonds. The van der Waals surface area contributed by atoms with Gasteiger partial charge in [0.1, 0.15) is 19.3 Å². The van der Waals surface area contributed by atoms with Crippen molar-refractivity contribution >= 4 is 39.5 Å². The Morgan fingerprint density at radius 1 is 0.299 bits per heavy atom. The lowest BCUT2D eigenvalue weighted by Crippen LogP contribution is -2.30. The van der Waals surface area contributed by atoms with Gasteiger partial charge in [0.25, 0.3) is 0 Å². The molecule has 7 atom stereocenters. The fourth-order valence-electron chi connectivity index (χ4n) is 11.9. The van der Waals surface area contributed by atoms with Gasteiger partial charge in [0.05, 0.1) is 26.4 Å². The van der Waals surface area contributed by atoms with E-state index in [1.54, 1.807) is 0 Å². The standard InChI is InChI=1S/C78H152O17P2/c1-8-11-12-13-14-15-16-17-18-19-20-21-22-23-24-25-26-27-32-38-47-54-61-77(82)94-73(65-88-75(80)59-52-45-37-31-29-28-30-35-42-49-56-69(4)5)67-92-96(84,85)90-63-72(79)64-91-97(86,87)93-68-74(66-89-76(81)60-53-46-41-40-44-51-58-71(7)10-3)95-78(83)62-55-48-39-34-33-36-43-50-57-70(6)9-2/h69-74,79H,8-68H2,1-7H3,(H,84,85)(H,86,87)/t70?,71?,72-,73-,74-/m1/s1. The van der Waals surface area contributed by atoms with Crippen LogP contribution in [0.3, 0.4) is 0 Å². The van der Waals surface area contributed by atoms with Crippen molar-refractivity contribution in [1.29, 1.82) is 0 Å². The van der Waals surface area contributed by atoms with E-state index in [2.05, 4.69) is 48.5 Å². The average Bonchev–Trinajstić information content (AvgIpc) is 1.50. The molecule has 0 aromatic carbocycles. The van der Waals surface area contributed by atoms with Crippen molar-refractivity contribution in [2.24, 2.45) is 17.8 Å². The lowest BCUT2D eigenvalue weighted by atomic mass is 9.99. The number of carbonyl (C=O) groups excluding carboxylic acids is 4. The minimum atomic E-state index is -4.96. The van der Waals surface area contributed by atoms with Gasteiger partial charge in [0.2, 0.25) is 0 Å². The van der Waals surface area contributed by atoms with E-state index in [0.717, 1.165) is 114 Å². The summed E-state index contributed by atoms with van der Waals surface area (Å²) in [6, 6.07) is 0. The fraction of sp³-hybridized carbons (Fsp3) is 0.949. The van der Waals surface area contributed by atoms with E-state index < -0.39 is 97.5 Å². The van der Waals surface area contributed by atoms with E-state index in [1.165, 1.54) is 205 Å². The molecule has 0 aromatic heterocycles. The van der Waals surface area contributed by atoms with Crippen LogP contribution in [0.2, 0.25) is 0 Å². The molecule has 0 aliphatic rings. The van der Waals surface area contributed by atoms with Crippen LogP contribution in [0, 0.1) is 17.8 Å². The second-order valence-electron chi connectivity index (χ2n) is 29.1. The topological polar surface area (TPSA) is 237 Å². The Bertz CT molecular complexity index is 1890. The largest absolute Gasteiger partial charge is 0.472 e. The van der Waals surface area contributed by atoms with Crippen LogP contribution in [0.5, 0.6) is 0 Å². The predicted octanol–water partition coefficient (Wildman–Crippen LogP) is 23.0. The smallest absolute Gasteiger partial charge is 0.462 e. The van der Waals surface area contributed by atoms with Gasteiger partial charge >= 0.3 is 39.5 Å². The van der Waals surface area contributed by atoms with Gasteiger partial charge in [0.15, 0.2) is 12.2 Å². The van der Waals surface area contributed by atoms with Crippen molar-refractivity contribution in [2.75, 3.05) is 39.6 Å². The summed E-state index contributed by atoms with van der Waals surface area (Å²) in [6.07, 6.45) is 55.7. The molecule has 0 aliphatic carbocycles. The van der Waals surface area contributed by atoms with Crippen LogP contribution in [0.4, 0.5) is 0 Å². The highest BCUT2D eigenvalue weighted by Crippen LogP contribution is 2.45. The van der Waals surface area contributed by atoms with E-state index in [1.807, 2.05) is 0 Å². The molecule has 0 bridgehead atoms. The predicted molar refractivity (Wildman–Crippen MR) is 395 cm³/mol. The zero-order valence-electron chi connectivity index (χ0n) is 63.5. The number of hydrogen-bond donors (Lipinski definition) is 3. The van der Waals surface area contributed by atoms with Gasteiger partial charge in [0, 0.05) is 25.7 Å². The Balaban J connectivity index is 5.20. The SMILES string of the molecule is CCCCCCCCCCCCCCCCCCCCCCCCC(=O)O[C@H](COC(=O)CCCCCCCCCCCCC(C)C)COP(=O)(O)OC[C@@H](O)COP(=O)(O)OC[C@@H](COC(=O)CCCCCCCCC(C)CC)OC(=O)CCCCCCCCCCC(C)CC. The van der Waals surface area contributed by atoms with Gasteiger partial charge in [-0.25, -0.2) is 9.13 Å². The highest BCUT2D eigenvalue weighted by Gasteiger charge is 2.30. The molecule has 576 valence electrons. The average molecular weight is 1420 g/mol. The van der Waals surface area contributed by atoms with Crippen LogP contribution in [0.25, 0.3) is 0 Å². The number of aliphatic hydroxyl groups is 1. The summed E-state index contributed by atoms with van der Waals surface area (Å²) in [7, 11) is -9.91. The zero-order valence-corrected chi connectivity index (χ0v) is 65.3. The van der Waals surface area contributed by atoms with Gasteiger partial charge in [-0.05, 0) is 43.4 Å². The first kappa shape index (κ1) is 95.1. The first-order valence-corrected chi connectivity index (χ1v) is 43.4. The van der Waals surface area contributed by atoms with Crippen molar-refractivity contribution in [2.45, 2.75) is 420 Å². The molecule has 4 unspecified atom stereocenters. The second-order valence-corrected chi connectivity index (χ2v) is 32.0. The maximum atomic E-state index is 13.1. The summed E-state index contributed by atoms with van der Waals surface area (Å²) in [5, 5.41) is 10.6. The highest BCUT2D eigenvalue weighted by molar-refractivity contribution is 7.47. The molecule has 0 aliphatic heterocycles. The molecule has 0 spiro atoms. The number of phosphoric ester groups is 2. The third-order valence-corrected chi connectivity index (χ3v) is 20.8. The van der Waals surface area contributed by atoms with Gasteiger partial charge in [-0.15, -0.1) is 0 Å². The molecular weight excluding hydrogens is 1270 g/mol. The molecule has 0 saturated carbocycles. The summed E-state index contributed by atoms with van der Waals surface area (Å²) in [5.41, 5.74) is 0. The number of esters is 4. The highest BCUT2D eigenvalue weighted by atomic mass is 31.2. The molecule has 3 N–H and O–H groups in total. The summed E-state index contributed by atoms with van der Waals surface area (Å²) in [6.45, 7) is 11.9. The molecule has 0 aromatic rings. The minimum absolute atomic E-state index is 0.104. The van der Waals surface area contributed by atoms with Crippen molar-refractivity contribution in [3.05, 3.63) is 0 Å². The molecule has 0 rings (SSSR count). The summed E-state index contributed by atoms with van der Waals surface area (Å²) in [4.78, 5) is 72.8. The van der Waals surface area contributed by atoms with Crippen LogP contribution in [-0.2, 0) is 65.4 Å². The van der Waals surface area contributed by atoms with E-state index in [0.29, 0.717) is 25.7 Å². The third kappa shape index (κ3) is 69.5. The minimum Gasteiger partial charge on any atom is -0.462 e. The first-order valence-electron chi connectivity index (χ1n) is 40.4. The number of carbonyl (C=O) groups is 4. The van der Waals surface area contributed by atoms with E-state index >= 15 is 0 Å². The maximum Gasteiger partial charge on any atom is 0.472 e. The van der Waals surface area contributed by atoms with Crippen LogP contribution < -0.4 is 0 Å². The Morgan fingerprint density at radius 2 is 0.526 bits per heavy atom. The summed E-state index contributed by atoms with van der Waals surface area (Å²) < 4.78 is 68.6. The number of unbranched alkanes of at least 4 members (excludes halogenated alkanes) is 42. The molecule has 19 heteroatoms. The third-order valence-electron chi connectivity index (χ3n) is 18.9. The molecule has 97 heavy (non-hydrogen) atoms. The van der Waals surface area contributed by atoms with Crippen LogP contribution >= 0.6 is 15.6 Å². The monoisotopic (exact) mass is 1420 g/mol. The molecule has 0 saturated heterocycles. The second kappa shape index (κ2) is 68.5. The molecular formula is C78H152O17P2. The fourth-order valence-corrected chi connectivity index (χ4v) is 13.5. The van der Waals surface area contributed by atoms with Crippen LogP contribution in [0.1, 0.15) is 402 Å². The van der Waals surface area contributed by atoms with E-state index in [4.69, 9.17) is 37.0 Å². The van der Waals surface area contributed by atoms with E-state index in [-0.39, 0.29) is 25.7 Å². The summed E-state index contributed by atoms with van der Waals surface area (Å²) >= 11 is 0. The van der Waals surface area contributed by atoms with Gasteiger partial charge in [-0.3, -0.25) is 37.3 Å². The van der Waals surface area contributed by atoms with Gasteiger partial charge < -0.3 is 33.8 Å². The van der Waals surface area contributed by atoms with Crippen molar-refractivity contribution < 1.29 is 80.2 Å². The number of rotatable bonds is 76. The van der Waals surface area contributed by atoms with Crippen LogP contribution in [0.15, 0.2) is 0 Å². The normalized spacial score (nSPS) is 14.6. The lowest BCUT2D eigenvalue weighted by molar-refractivity contribution is -0.161. The van der Waals surface area contributed by atoms with Crippen molar-refractivity contribution in [3.8, 4) is 0 Å². The zero-order chi connectivity index (χ0) is 71.6. The Morgan fingerprint density at radius 3 is 0.784 bits per heavy atom. The number of phosphoric acid groups is 2.